The number of aryl methyl sites for hydroxylation is 4. The molecule has 0 saturated heterocycles. The highest BCUT2D eigenvalue weighted by Gasteiger charge is 2.18. The van der Waals surface area contributed by atoms with Gasteiger partial charge in [0.15, 0.2) is 0 Å². The van der Waals surface area contributed by atoms with Gasteiger partial charge in [0.1, 0.15) is 0 Å². The molecule has 0 fully saturated rings. The minimum absolute atomic E-state index is 0.240. The number of hydrogen-bond acceptors (Lipinski definition) is 0. The van der Waals surface area contributed by atoms with Crippen LogP contribution >= 0.6 is 0 Å². The van der Waals surface area contributed by atoms with Crippen molar-refractivity contribution in [1.82, 2.24) is 0 Å². The molecule has 4 aromatic rings. The zero-order valence-electron chi connectivity index (χ0n) is 27.5. The smallest absolute Gasteiger partial charge is 0.0132 e. The second-order valence-corrected chi connectivity index (χ2v) is 15.3. The molecule has 0 heterocycles. The van der Waals surface area contributed by atoms with Crippen molar-refractivity contribution >= 4 is 10.8 Å². The fourth-order valence-electron chi connectivity index (χ4n) is 5.89. The highest BCUT2D eigenvalue weighted by atomic mass is 14.2. The number of benzene rings is 4. The predicted octanol–water partition coefficient (Wildman–Crippen LogP) is 11.5. The molecule has 4 aromatic carbocycles. The standard InChI is InChI=1S/C14H20.C14H16.C13H18/c2*1-14(2,3)13-9-8-11-6-4-5-7-12(11)10-13;1-13(2,3)12-8-7-10-5-4-6-11(10)9-12/h8-10H,4-7H2,1-3H3;4-10H,1-3H3;7-9H,4-6H2,1-3H3. The summed E-state index contributed by atoms with van der Waals surface area (Å²) in [7, 11) is 0. The van der Waals surface area contributed by atoms with Gasteiger partial charge in [-0.2, -0.15) is 0 Å². The van der Waals surface area contributed by atoms with Gasteiger partial charge < -0.3 is 0 Å². The molecule has 0 bridgehead atoms. The topological polar surface area (TPSA) is 0 Å². The van der Waals surface area contributed by atoms with Crippen LogP contribution in [0.5, 0.6) is 0 Å². The molecule has 0 aromatic heterocycles. The summed E-state index contributed by atoms with van der Waals surface area (Å²) < 4.78 is 0. The third-order valence-corrected chi connectivity index (χ3v) is 8.79. The van der Waals surface area contributed by atoms with Gasteiger partial charge in [0.2, 0.25) is 0 Å². The van der Waals surface area contributed by atoms with E-state index in [-0.39, 0.29) is 5.41 Å². The van der Waals surface area contributed by atoms with Crippen LogP contribution in [0.3, 0.4) is 0 Å². The minimum atomic E-state index is 0.240. The second kappa shape index (κ2) is 12.6. The molecule has 0 unspecified atom stereocenters. The Balaban J connectivity index is 0.000000142. The van der Waals surface area contributed by atoms with Crippen molar-refractivity contribution in [3.8, 4) is 0 Å². The first-order valence-corrected chi connectivity index (χ1v) is 16.0. The Labute approximate surface area is 251 Å². The van der Waals surface area contributed by atoms with E-state index in [9.17, 15) is 0 Å². The van der Waals surface area contributed by atoms with Gasteiger partial charge in [-0.15, -0.1) is 0 Å². The summed E-state index contributed by atoms with van der Waals surface area (Å²) in [4.78, 5) is 0. The van der Waals surface area contributed by atoms with E-state index in [1.807, 2.05) is 0 Å². The lowest BCUT2D eigenvalue weighted by Crippen LogP contribution is -2.13. The summed E-state index contributed by atoms with van der Waals surface area (Å²) >= 11 is 0. The Morgan fingerprint density at radius 3 is 1.27 bits per heavy atom. The van der Waals surface area contributed by atoms with Crippen LogP contribution in [0, 0.1) is 0 Å². The van der Waals surface area contributed by atoms with Crippen LogP contribution in [0.4, 0.5) is 0 Å². The molecule has 6 rings (SSSR count). The molecule has 2 aliphatic carbocycles. The van der Waals surface area contributed by atoms with Crippen LogP contribution < -0.4 is 0 Å². The van der Waals surface area contributed by atoms with Crippen molar-refractivity contribution in [2.75, 3.05) is 0 Å². The van der Waals surface area contributed by atoms with Crippen LogP contribution in [0.2, 0.25) is 0 Å². The zero-order valence-corrected chi connectivity index (χ0v) is 27.5. The molecule has 0 nitrogen and oxygen atoms in total. The molecule has 218 valence electrons. The van der Waals surface area contributed by atoms with Crippen molar-refractivity contribution in [3.05, 3.63) is 118 Å². The van der Waals surface area contributed by atoms with Gasteiger partial charge in [0.05, 0.1) is 0 Å². The summed E-state index contributed by atoms with van der Waals surface area (Å²) in [5, 5.41) is 2.65. The molecule has 0 heteroatoms. The Kier molecular flexibility index (Phi) is 9.52. The first-order chi connectivity index (χ1) is 19.2. The van der Waals surface area contributed by atoms with E-state index in [1.165, 1.54) is 72.4 Å². The Morgan fingerprint density at radius 2 is 0.756 bits per heavy atom. The van der Waals surface area contributed by atoms with E-state index in [1.54, 1.807) is 22.3 Å². The second-order valence-electron chi connectivity index (χ2n) is 15.3. The molecule has 41 heavy (non-hydrogen) atoms. The molecule has 0 spiro atoms. The van der Waals surface area contributed by atoms with Gasteiger partial charge in [-0.1, -0.05) is 141 Å². The third kappa shape index (κ3) is 8.34. The van der Waals surface area contributed by atoms with E-state index in [0.29, 0.717) is 10.8 Å². The zero-order chi connectivity index (χ0) is 29.8. The van der Waals surface area contributed by atoms with Crippen molar-refractivity contribution in [3.63, 3.8) is 0 Å². The van der Waals surface area contributed by atoms with Gasteiger partial charge in [0, 0.05) is 0 Å². The van der Waals surface area contributed by atoms with E-state index >= 15 is 0 Å². The predicted molar refractivity (Wildman–Crippen MR) is 182 cm³/mol. The van der Waals surface area contributed by atoms with Gasteiger partial charge in [-0.25, -0.2) is 0 Å². The summed E-state index contributed by atoms with van der Waals surface area (Å²) in [5.41, 5.74) is 11.6. The Morgan fingerprint density at radius 1 is 0.366 bits per heavy atom. The van der Waals surface area contributed by atoms with Crippen molar-refractivity contribution in [2.24, 2.45) is 0 Å². The van der Waals surface area contributed by atoms with Crippen LogP contribution in [-0.4, -0.2) is 0 Å². The molecule has 0 radical (unpaired) electrons. The Bertz CT molecular complexity index is 1450. The number of hydrogen-bond donors (Lipinski definition) is 0. The van der Waals surface area contributed by atoms with E-state index in [0.717, 1.165) is 0 Å². The monoisotopic (exact) mass is 546 g/mol. The average molecular weight is 547 g/mol. The number of rotatable bonds is 0. The fourth-order valence-corrected chi connectivity index (χ4v) is 5.89. The molecule has 0 amide bonds. The molecular formula is C41H54. The number of fused-ring (bicyclic) bond motifs is 3. The summed E-state index contributed by atoms with van der Waals surface area (Å²) in [6, 6.07) is 29.3. The lowest BCUT2D eigenvalue weighted by atomic mass is 9.82. The molecule has 0 atom stereocenters. The summed E-state index contributed by atoms with van der Waals surface area (Å²) in [6.45, 7) is 20.5. The van der Waals surface area contributed by atoms with Crippen LogP contribution in [0.1, 0.15) is 121 Å². The maximum Gasteiger partial charge on any atom is -0.0132 e. The molecule has 2 aliphatic rings. The van der Waals surface area contributed by atoms with E-state index in [4.69, 9.17) is 0 Å². The van der Waals surface area contributed by atoms with Crippen molar-refractivity contribution < 1.29 is 0 Å². The Hall–Kier alpha value is -2.86. The SMILES string of the molecule is CC(C)(C)c1ccc2c(c1)CCC2.CC(C)(C)c1ccc2c(c1)CCCC2.CC(C)(C)c1ccc2ccccc2c1. The fraction of sp³-hybridized carbons (Fsp3) is 0.463. The minimum Gasteiger partial charge on any atom is -0.0616 e. The van der Waals surface area contributed by atoms with E-state index in [2.05, 4.69) is 141 Å². The lowest BCUT2D eigenvalue weighted by Gasteiger charge is -2.23. The van der Waals surface area contributed by atoms with Crippen LogP contribution in [0.15, 0.2) is 78.9 Å². The van der Waals surface area contributed by atoms with Gasteiger partial charge >= 0.3 is 0 Å². The molecule has 0 aliphatic heterocycles. The maximum absolute atomic E-state index is 2.43. The van der Waals surface area contributed by atoms with Crippen LogP contribution in [0.25, 0.3) is 10.8 Å². The first kappa shape index (κ1) is 31.1. The molecular weight excluding hydrogens is 492 g/mol. The molecule has 0 saturated carbocycles. The van der Waals surface area contributed by atoms with Crippen molar-refractivity contribution in [1.29, 1.82) is 0 Å². The first-order valence-electron chi connectivity index (χ1n) is 16.0. The molecule has 0 N–H and O–H groups in total. The highest BCUT2D eigenvalue weighted by molar-refractivity contribution is 5.83. The maximum atomic E-state index is 2.43. The van der Waals surface area contributed by atoms with Crippen LogP contribution in [-0.2, 0) is 41.9 Å². The van der Waals surface area contributed by atoms with Gasteiger partial charge in [-0.05, 0) is 111 Å². The third-order valence-electron chi connectivity index (χ3n) is 8.79. The quantitative estimate of drug-likeness (QED) is 0.206. The normalized spacial score (nSPS) is 14.8. The van der Waals surface area contributed by atoms with Gasteiger partial charge in [-0.3, -0.25) is 0 Å². The van der Waals surface area contributed by atoms with E-state index < -0.39 is 0 Å². The summed E-state index contributed by atoms with van der Waals surface area (Å²) in [5.74, 6) is 0. The summed E-state index contributed by atoms with van der Waals surface area (Å²) in [6.07, 6.45) is 9.27. The lowest BCUT2D eigenvalue weighted by molar-refractivity contribution is 0.586. The average Bonchev–Trinajstić information content (AvgIpc) is 3.40. The largest absolute Gasteiger partial charge is 0.0616 e. The van der Waals surface area contributed by atoms with Gasteiger partial charge in [0.25, 0.3) is 0 Å². The highest BCUT2D eigenvalue weighted by Crippen LogP contribution is 2.30. The van der Waals surface area contributed by atoms with Crippen molar-refractivity contribution in [2.45, 2.75) is 124 Å².